The Labute approximate surface area is 135 Å². The molecule has 1 aliphatic heterocycles. The zero-order chi connectivity index (χ0) is 15.2. The van der Waals surface area contributed by atoms with Gasteiger partial charge in [-0.2, -0.15) is 0 Å². The minimum absolute atomic E-state index is 0.256. The molecule has 4 heteroatoms. The molecule has 0 bridgehead atoms. The summed E-state index contributed by atoms with van der Waals surface area (Å²) in [6, 6.07) is 12.4. The van der Waals surface area contributed by atoms with Crippen molar-refractivity contribution in [3.8, 4) is 0 Å². The third-order valence-corrected chi connectivity index (χ3v) is 5.07. The van der Waals surface area contributed by atoms with Gasteiger partial charge in [0.1, 0.15) is 5.76 Å². The second kappa shape index (κ2) is 7.54. The Hall–Kier alpha value is -1.68. The molecule has 0 saturated carbocycles. The van der Waals surface area contributed by atoms with Crippen molar-refractivity contribution >= 4 is 17.7 Å². The van der Waals surface area contributed by atoms with Gasteiger partial charge in [-0.1, -0.05) is 18.2 Å². The van der Waals surface area contributed by atoms with Gasteiger partial charge in [-0.3, -0.25) is 4.79 Å². The van der Waals surface area contributed by atoms with E-state index >= 15 is 0 Å². The van der Waals surface area contributed by atoms with Crippen molar-refractivity contribution in [1.29, 1.82) is 0 Å². The van der Waals surface area contributed by atoms with Crippen LogP contribution in [-0.4, -0.2) is 23.1 Å². The van der Waals surface area contributed by atoms with Crippen molar-refractivity contribution in [2.45, 2.75) is 37.1 Å². The van der Waals surface area contributed by atoms with Crippen LogP contribution in [0, 0.1) is 0 Å². The van der Waals surface area contributed by atoms with Crippen molar-refractivity contribution in [3.05, 3.63) is 54.0 Å². The fourth-order valence-corrected chi connectivity index (χ4v) is 3.63. The van der Waals surface area contributed by atoms with Crippen molar-refractivity contribution in [2.75, 3.05) is 12.3 Å². The van der Waals surface area contributed by atoms with Crippen LogP contribution in [0.1, 0.15) is 30.6 Å². The lowest BCUT2D eigenvalue weighted by Gasteiger charge is -2.26. The second-order valence-corrected chi connectivity index (χ2v) is 6.72. The molecule has 2 heterocycles. The average Bonchev–Trinajstić information content (AvgIpc) is 3.03. The van der Waals surface area contributed by atoms with Gasteiger partial charge in [0.2, 0.25) is 5.91 Å². The quantitative estimate of drug-likeness (QED) is 0.594. The zero-order valence-electron chi connectivity index (χ0n) is 12.7. The predicted octanol–water partition coefficient (Wildman–Crippen LogP) is 4.13. The van der Waals surface area contributed by atoms with Gasteiger partial charge in [-0.15, -0.1) is 11.8 Å². The first kappa shape index (κ1) is 15.2. The van der Waals surface area contributed by atoms with E-state index in [9.17, 15) is 4.79 Å². The molecule has 2 aromatic rings. The predicted molar refractivity (Wildman–Crippen MR) is 88.8 cm³/mol. The summed E-state index contributed by atoms with van der Waals surface area (Å²) < 4.78 is 5.43. The van der Waals surface area contributed by atoms with Crippen LogP contribution in [0.15, 0.2) is 52.0 Å². The number of nitrogens with zero attached hydrogens (tertiary/aromatic N) is 1. The number of fused-ring (bicyclic) bond motifs is 1. The Morgan fingerprint density at radius 2 is 2.05 bits per heavy atom. The smallest absolute Gasteiger partial charge is 0.222 e. The molecule has 22 heavy (non-hydrogen) atoms. The number of carbonyl (C=O) groups is 1. The number of hydrogen-bond donors (Lipinski definition) is 0. The molecule has 1 aromatic carbocycles. The molecular weight excluding hydrogens is 294 g/mol. The lowest BCUT2D eigenvalue weighted by atomic mass is 10.1. The molecule has 0 unspecified atom stereocenters. The van der Waals surface area contributed by atoms with E-state index < -0.39 is 0 Å². The van der Waals surface area contributed by atoms with Crippen LogP contribution in [0.3, 0.4) is 0 Å². The van der Waals surface area contributed by atoms with E-state index in [4.69, 9.17) is 4.42 Å². The van der Waals surface area contributed by atoms with Crippen LogP contribution in [0.4, 0.5) is 0 Å². The highest BCUT2D eigenvalue weighted by Gasteiger charge is 2.22. The monoisotopic (exact) mass is 315 g/mol. The van der Waals surface area contributed by atoms with Gasteiger partial charge in [0.25, 0.3) is 0 Å². The fourth-order valence-electron chi connectivity index (χ4n) is 2.69. The van der Waals surface area contributed by atoms with Gasteiger partial charge < -0.3 is 9.32 Å². The van der Waals surface area contributed by atoms with Gasteiger partial charge in [0.05, 0.1) is 12.8 Å². The number of carbonyl (C=O) groups excluding carboxylic acids is 1. The molecule has 116 valence electrons. The van der Waals surface area contributed by atoms with Gasteiger partial charge >= 0.3 is 0 Å². The van der Waals surface area contributed by atoms with Gasteiger partial charge in [0.15, 0.2) is 0 Å². The van der Waals surface area contributed by atoms with E-state index in [1.165, 1.54) is 10.5 Å². The summed E-state index contributed by atoms with van der Waals surface area (Å²) in [4.78, 5) is 15.5. The molecule has 0 aliphatic carbocycles. The largest absolute Gasteiger partial charge is 0.467 e. The van der Waals surface area contributed by atoms with Crippen molar-refractivity contribution in [1.82, 2.24) is 4.90 Å². The molecule has 1 aliphatic rings. The summed E-state index contributed by atoms with van der Waals surface area (Å²) in [6.45, 7) is 1.46. The molecule has 1 amide bonds. The van der Waals surface area contributed by atoms with Crippen LogP contribution in [0.25, 0.3) is 0 Å². The number of rotatable bonds is 6. The first-order chi connectivity index (χ1) is 10.8. The average molecular weight is 315 g/mol. The Morgan fingerprint density at radius 3 is 2.91 bits per heavy atom. The van der Waals surface area contributed by atoms with Crippen molar-refractivity contribution in [3.63, 3.8) is 0 Å². The molecular formula is C18H21NO2S. The summed E-state index contributed by atoms with van der Waals surface area (Å²) in [5.74, 6) is 2.28. The van der Waals surface area contributed by atoms with Crippen LogP contribution in [-0.2, 0) is 17.8 Å². The zero-order valence-corrected chi connectivity index (χ0v) is 13.5. The highest BCUT2D eigenvalue weighted by molar-refractivity contribution is 7.99. The lowest BCUT2D eigenvalue weighted by molar-refractivity contribution is -0.132. The van der Waals surface area contributed by atoms with Crippen LogP contribution in [0.5, 0.6) is 0 Å². The standard InChI is InChI=1S/C18H21NO2S/c20-18(19-11-9-15-10-12-21-17(15)14-19)8-4-5-13-22-16-6-2-1-3-7-16/h1-3,6-7,10,12H,4-5,8-9,11,13-14H2. The molecule has 0 atom stereocenters. The van der Waals surface area contributed by atoms with Gasteiger partial charge in [-0.05, 0) is 48.8 Å². The second-order valence-electron chi connectivity index (χ2n) is 5.55. The summed E-state index contributed by atoms with van der Waals surface area (Å²) in [5, 5.41) is 0. The Morgan fingerprint density at radius 1 is 1.18 bits per heavy atom. The Balaban J connectivity index is 1.35. The molecule has 1 aromatic heterocycles. The maximum Gasteiger partial charge on any atom is 0.222 e. The maximum absolute atomic E-state index is 12.2. The van der Waals surface area contributed by atoms with E-state index in [1.807, 2.05) is 28.8 Å². The number of furan rings is 1. The van der Waals surface area contributed by atoms with E-state index in [0.29, 0.717) is 13.0 Å². The number of hydrogen-bond acceptors (Lipinski definition) is 3. The van der Waals surface area contributed by atoms with Crippen LogP contribution in [0.2, 0.25) is 0 Å². The Kier molecular flexibility index (Phi) is 5.22. The summed E-state index contributed by atoms with van der Waals surface area (Å²) in [6.07, 6.45) is 5.32. The van der Waals surface area contributed by atoms with Crippen LogP contribution < -0.4 is 0 Å². The normalized spacial score (nSPS) is 13.9. The SMILES string of the molecule is O=C(CCCCSc1ccccc1)N1CCc2ccoc2C1. The lowest BCUT2D eigenvalue weighted by Crippen LogP contribution is -2.35. The van der Waals surface area contributed by atoms with Crippen LogP contribution >= 0.6 is 11.8 Å². The molecule has 0 spiro atoms. The van der Waals surface area contributed by atoms with Crippen molar-refractivity contribution in [2.24, 2.45) is 0 Å². The first-order valence-corrected chi connectivity index (χ1v) is 8.82. The first-order valence-electron chi connectivity index (χ1n) is 7.84. The molecule has 3 nitrogen and oxygen atoms in total. The summed E-state index contributed by atoms with van der Waals surface area (Å²) in [7, 11) is 0. The highest BCUT2D eigenvalue weighted by Crippen LogP contribution is 2.21. The van der Waals surface area contributed by atoms with Gasteiger partial charge in [0, 0.05) is 17.9 Å². The fraction of sp³-hybridized carbons (Fsp3) is 0.389. The highest BCUT2D eigenvalue weighted by atomic mass is 32.2. The Bertz CT molecular complexity index is 609. The number of benzene rings is 1. The van der Waals surface area contributed by atoms with E-state index in [1.54, 1.807) is 6.26 Å². The van der Waals surface area contributed by atoms with E-state index in [2.05, 4.69) is 24.3 Å². The van der Waals surface area contributed by atoms with Gasteiger partial charge in [-0.25, -0.2) is 0 Å². The molecule has 0 fully saturated rings. The maximum atomic E-state index is 12.2. The number of unbranched alkanes of at least 4 members (excludes halogenated alkanes) is 1. The summed E-state index contributed by atoms with van der Waals surface area (Å²) in [5.41, 5.74) is 1.25. The topological polar surface area (TPSA) is 33.5 Å². The minimum Gasteiger partial charge on any atom is -0.467 e. The molecule has 0 radical (unpaired) electrons. The summed E-state index contributed by atoms with van der Waals surface area (Å²) >= 11 is 1.86. The molecule has 3 rings (SSSR count). The third kappa shape index (κ3) is 3.95. The molecule has 0 saturated heterocycles. The number of amides is 1. The van der Waals surface area contributed by atoms with E-state index in [0.717, 1.165) is 37.3 Å². The van der Waals surface area contributed by atoms with Crippen molar-refractivity contribution < 1.29 is 9.21 Å². The number of thioether (sulfide) groups is 1. The molecule has 0 N–H and O–H groups in total. The van der Waals surface area contributed by atoms with E-state index in [-0.39, 0.29) is 5.91 Å². The minimum atomic E-state index is 0.256. The third-order valence-electron chi connectivity index (χ3n) is 3.97.